The molecule has 0 saturated carbocycles. The summed E-state index contributed by atoms with van der Waals surface area (Å²) in [7, 11) is 1.86. The van der Waals surface area contributed by atoms with Crippen LogP contribution in [0.15, 0.2) is 48.8 Å². The Labute approximate surface area is 214 Å². The van der Waals surface area contributed by atoms with Crippen LogP contribution < -0.4 is 15.1 Å². The smallest absolute Gasteiger partial charge is 0.227 e. The van der Waals surface area contributed by atoms with Gasteiger partial charge in [0.25, 0.3) is 0 Å². The highest BCUT2D eigenvalue weighted by atomic mass is 16.2. The maximum Gasteiger partial charge on any atom is 0.227 e. The second-order valence-corrected chi connectivity index (χ2v) is 10.1. The number of nitrogens with one attached hydrogen (secondary N) is 1. The number of fused-ring (bicyclic) bond motifs is 1. The summed E-state index contributed by atoms with van der Waals surface area (Å²) in [5.41, 5.74) is 8.84. The molecule has 3 aromatic rings. The van der Waals surface area contributed by atoms with Crippen LogP contribution >= 0.6 is 0 Å². The fourth-order valence-corrected chi connectivity index (χ4v) is 5.54. The number of hydrogen-bond donors (Lipinski definition) is 1. The Morgan fingerprint density at radius 2 is 1.89 bits per heavy atom. The van der Waals surface area contributed by atoms with Gasteiger partial charge in [0.05, 0.1) is 17.6 Å². The largest absolute Gasteiger partial charge is 0.340 e. The van der Waals surface area contributed by atoms with Crippen molar-refractivity contribution >= 4 is 23.0 Å². The molecule has 188 valence electrons. The molecule has 1 N–H and O–H groups in total. The normalized spacial score (nSPS) is 16.2. The third kappa shape index (κ3) is 5.14. The molecule has 0 bridgehead atoms. The lowest BCUT2D eigenvalue weighted by Crippen LogP contribution is -2.31. The first-order chi connectivity index (χ1) is 17.5. The molecule has 2 aliphatic rings. The summed E-state index contributed by atoms with van der Waals surface area (Å²) in [6.45, 7) is 7.45. The minimum Gasteiger partial charge on any atom is -0.340 e. The number of carbonyl (C=O) groups is 1. The zero-order chi connectivity index (χ0) is 25.1. The lowest BCUT2D eigenvalue weighted by molar-refractivity contribution is -0.118. The number of amides is 1. The Balaban J connectivity index is 1.31. The van der Waals surface area contributed by atoms with E-state index < -0.39 is 0 Å². The third-order valence-corrected chi connectivity index (χ3v) is 7.80. The number of nitrogens with zero attached hydrogens (tertiary/aromatic N) is 4. The molecule has 1 fully saturated rings. The van der Waals surface area contributed by atoms with E-state index in [0.29, 0.717) is 6.42 Å². The number of carbonyl (C=O) groups excluding carboxylic acids is 1. The van der Waals surface area contributed by atoms with Crippen molar-refractivity contribution in [2.24, 2.45) is 5.92 Å². The molecule has 2 aliphatic heterocycles. The van der Waals surface area contributed by atoms with Gasteiger partial charge >= 0.3 is 0 Å². The first kappa shape index (κ1) is 24.4. The third-order valence-electron chi connectivity index (χ3n) is 7.80. The molecule has 1 amide bonds. The minimum absolute atomic E-state index is 0.183. The topological polar surface area (TPSA) is 61.4 Å². The summed E-state index contributed by atoms with van der Waals surface area (Å²) in [4.78, 5) is 25.7. The van der Waals surface area contributed by atoms with Gasteiger partial charge in [0.1, 0.15) is 0 Å². The number of rotatable bonds is 7. The van der Waals surface area contributed by atoms with Gasteiger partial charge in [-0.2, -0.15) is 0 Å². The molecule has 1 saturated heterocycles. The van der Waals surface area contributed by atoms with E-state index in [1.165, 1.54) is 36.1 Å². The molecule has 6 nitrogen and oxygen atoms in total. The minimum atomic E-state index is 0.183. The van der Waals surface area contributed by atoms with Gasteiger partial charge in [-0.05, 0) is 112 Å². The summed E-state index contributed by atoms with van der Waals surface area (Å²) in [6.07, 6.45) is 10.1. The SMILES string of the molecule is CCN(c1ccc2c(c1)CCC(=O)N2C)c1cnc(-c2ccc(CCC3CCNCC3)nc2)cc1C. The van der Waals surface area contributed by atoms with E-state index in [4.69, 9.17) is 9.97 Å². The molecule has 0 spiro atoms. The van der Waals surface area contributed by atoms with Crippen molar-refractivity contribution in [2.75, 3.05) is 36.5 Å². The lowest BCUT2D eigenvalue weighted by atomic mass is 9.92. The average molecular weight is 484 g/mol. The van der Waals surface area contributed by atoms with Crippen molar-refractivity contribution in [3.63, 3.8) is 0 Å². The first-order valence-electron chi connectivity index (χ1n) is 13.3. The number of hydrogen-bond acceptors (Lipinski definition) is 5. The van der Waals surface area contributed by atoms with Crippen molar-refractivity contribution in [1.29, 1.82) is 0 Å². The number of piperidine rings is 1. The van der Waals surface area contributed by atoms with Crippen molar-refractivity contribution < 1.29 is 4.79 Å². The molecule has 0 radical (unpaired) electrons. The molecular formula is C30H37N5O. The van der Waals surface area contributed by atoms with E-state index in [-0.39, 0.29) is 5.91 Å². The second-order valence-electron chi connectivity index (χ2n) is 10.1. The van der Waals surface area contributed by atoms with Crippen LogP contribution in [0.2, 0.25) is 0 Å². The Bertz CT molecular complexity index is 1220. The van der Waals surface area contributed by atoms with Crippen LogP contribution in [0.25, 0.3) is 11.3 Å². The van der Waals surface area contributed by atoms with Crippen molar-refractivity contribution in [3.05, 3.63) is 65.6 Å². The molecule has 2 aromatic heterocycles. The van der Waals surface area contributed by atoms with Gasteiger partial charge < -0.3 is 15.1 Å². The van der Waals surface area contributed by atoms with E-state index >= 15 is 0 Å². The Kier molecular flexibility index (Phi) is 7.33. The van der Waals surface area contributed by atoms with Crippen LogP contribution in [0.4, 0.5) is 17.1 Å². The van der Waals surface area contributed by atoms with Gasteiger partial charge in [-0.1, -0.05) is 0 Å². The number of anilines is 3. The van der Waals surface area contributed by atoms with Crippen molar-refractivity contribution in [1.82, 2.24) is 15.3 Å². The summed E-state index contributed by atoms with van der Waals surface area (Å²) < 4.78 is 0. The Morgan fingerprint density at radius 3 is 2.61 bits per heavy atom. The van der Waals surface area contributed by atoms with Crippen LogP contribution in [-0.4, -0.2) is 42.6 Å². The number of benzene rings is 1. The van der Waals surface area contributed by atoms with Gasteiger partial charge in [-0.3, -0.25) is 14.8 Å². The molecule has 4 heterocycles. The maximum absolute atomic E-state index is 12.1. The van der Waals surface area contributed by atoms with Crippen LogP contribution in [0, 0.1) is 12.8 Å². The number of aryl methyl sites for hydroxylation is 3. The molecule has 0 atom stereocenters. The maximum atomic E-state index is 12.1. The molecule has 36 heavy (non-hydrogen) atoms. The molecule has 0 unspecified atom stereocenters. The van der Waals surface area contributed by atoms with Crippen LogP contribution in [-0.2, 0) is 17.6 Å². The average Bonchev–Trinajstić information content (AvgIpc) is 2.92. The lowest BCUT2D eigenvalue weighted by Gasteiger charge is -2.29. The fourth-order valence-electron chi connectivity index (χ4n) is 5.54. The summed E-state index contributed by atoms with van der Waals surface area (Å²) in [6, 6.07) is 12.9. The highest BCUT2D eigenvalue weighted by Crippen LogP contribution is 2.35. The van der Waals surface area contributed by atoms with Crippen LogP contribution in [0.1, 0.15) is 49.4 Å². The van der Waals surface area contributed by atoms with Gasteiger partial charge in [0, 0.05) is 48.8 Å². The highest BCUT2D eigenvalue weighted by Gasteiger charge is 2.22. The summed E-state index contributed by atoms with van der Waals surface area (Å²) in [5.74, 6) is 1.01. The Morgan fingerprint density at radius 1 is 1.06 bits per heavy atom. The van der Waals surface area contributed by atoms with E-state index in [9.17, 15) is 4.79 Å². The molecule has 1 aromatic carbocycles. The monoisotopic (exact) mass is 483 g/mol. The predicted molar refractivity (Wildman–Crippen MR) is 147 cm³/mol. The molecular weight excluding hydrogens is 446 g/mol. The van der Waals surface area contributed by atoms with E-state index in [1.54, 1.807) is 4.90 Å². The quantitative estimate of drug-likeness (QED) is 0.484. The molecule has 6 heteroatoms. The van der Waals surface area contributed by atoms with Gasteiger partial charge in [0.2, 0.25) is 5.91 Å². The zero-order valence-electron chi connectivity index (χ0n) is 21.8. The predicted octanol–water partition coefficient (Wildman–Crippen LogP) is 5.45. The number of pyridine rings is 2. The zero-order valence-corrected chi connectivity index (χ0v) is 21.8. The van der Waals surface area contributed by atoms with Crippen molar-refractivity contribution in [3.8, 4) is 11.3 Å². The summed E-state index contributed by atoms with van der Waals surface area (Å²) in [5, 5.41) is 3.44. The second kappa shape index (κ2) is 10.8. The van der Waals surface area contributed by atoms with Crippen LogP contribution in [0.5, 0.6) is 0 Å². The van der Waals surface area contributed by atoms with Crippen molar-refractivity contribution in [2.45, 2.75) is 52.4 Å². The summed E-state index contributed by atoms with van der Waals surface area (Å²) >= 11 is 0. The van der Waals surface area contributed by atoms with Crippen LogP contribution in [0.3, 0.4) is 0 Å². The van der Waals surface area contributed by atoms with E-state index in [1.807, 2.05) is 19.4 Å². The van der Waals surface area contributed by atoms with E-state index in [2.05, 4.69) is 60.5 Å². The van der Waals surface area contributed by atoms with E-state index in [0.717, 1.165) is 66.7 Å². The van der Waals surface area contributed by atoms with Gasteiger partial charge in [-0.15, -0.1) is 0 Å². The Hall–Kier alpha value is -3.25. The fraction of sp³-hybridized carbons (Fsp3) is 0.433. The van der Waals surface area contributed by atoms with Gasteiger partial charge in [-0.25, -0.2) is 0 Å². The molecule has 0 aliphatic carbocycles. The highest BCUT2D eigenvalue weighted by molar-refractivity contribution is 5.96. The standard InChI is InChI=1S/C30H37N5O/c1-4-35(26-10-11-28-23(18-26)7-12-30(36)34(28)3)29-20-33-27(17-21(29)2)24-6-9-25(32-19-24)8-5-22-13-15-31-16-14-22/h6,9-11,17-20,22,31H,4-5,7-8,12-16H2,1-3H3. The first-order valence-corrected chi connectivity index (χ1v) is 13.3. The number of aromatic nitrogens is 2. The molecule has 5 rings (SSSR count). The van der Waals surface area contributed by atoms with Gasteiger partial charge in [0.15, 0.2) is 0 Å².